The van der Waals surface area contributed by atoms with Crippen molar-refractivity contribution in [3.8, 4) is 0 Å². The molecule has 1 amide bonds. The predicted molar refractivity (Wildman–Crippen MR) is 120 cm³/mol. The average molecular weight is 424 g/mol. The number of rotatable bonds is 6. The lowest BCUT2D eigenvalue weighted by molar-refractivity contribution is -0.126. The molecule has 1 fully saturated rings. The number of carbonyl (C=O) groups is 1. The summed E-state index contributed by atoms with van der Waals surface area (Å²) in [6, 6.07) is 18.3. The molecule has 0 aromatic heterocycles. The molecular formula is C22H31Cl2N3O. The van der Waals surface area contributed by atoms with Crippen LogP contribution in [-0.2, 0) is 10.3 Å². The van der Waals surface area contributed by atoms with Crippen LogP contribution in [0.25, 0.3) is 0 Å². The quantitative estimate of drug-likeness (QED) is 0.738. The molecule has 1 heterocycles. The molecule has 0 aliphatic carbocycles. The third-order valence-electron chi connectivity index (χ3n) is 5.34. The molecule has 2 aromatic rings. The van der Waals surface area contributed by atoms with Crippen molar-refractivity contribution in [1.82, 2.24) is 10.2 Å². The Morgan fingerprint density at radius 1 is 1.07 bits per heavy atom. The van der Waals surface area contributed by atoms with Crippen molar-refractivity contribution < 1.29 is 4.79 Å². The summed E-state index contributed by atoms with van der Waals surface area (Å²) in [6.07, 6.45) is 2.43. The van der Waals surface area contributed by atoms with Crippen LogP contribution in [-0.4, -0.2) is 30.4 Å². The summed E-state index contributed by atoms with van der Waals surface area (Å²) in [5.41, 5.74) is 8.63. The minimum Gasteiger partial charge on any atom is -0.352 e. The smallest absolute Gasteiger partial charge is 0.244 e. The van der Waals surface area contributed by atoms with Crippen LogP contribution >= 0.6 is 24.8 Å². The van der Waals surface area contributed by atoms with Crippen molar-refractivity contribution in [2.45, 2.75) is 38.3 Å². The van der Waals surface area contributed by atoms with E-state index in [0.29, 0.717) is 6.54 Å². The maximum absolute atomic E-state index is 12.8. The van der Waals surface area contributed by atoms with E-state index < -0.39 is 5.54 Å². The highest BCUT2D eigenvalue weighted by Gasteiger charge is 2.32. The highest BCUT2D eigenvalue weighted by atomic mass is 35.5. The van der Waals surface area contributed by atoms with Gasteiger partial charge in [-0.05, 0) is 50.9 Å². The zero-order valence-corrected chi connectivity index (χ0v) is 18.2. The summed E-state index contributed by atoms with van der Waals surface area (Å²) in [4.78, 5) is 15.3. The second kappa shape index (κ2) is 10.8. The van der Waals surface area contributed by atoms with Gasteiger partial charge in [-0.25, -0.2) is 0 Å². The summed E-state index contributed by atoms with van der Waals surface area (Å²) in [5.74, 6) is -0.139. The zero-order valence-electron chi connectivity index (χ0n) is 16.6. The molecule has 3 rings (SSSR count). The van der Waals surface area contributed by atoms with E-state index in [0.717, 1.165) is 18.7 Å². The van der Waals surface area contributed by atoms with Crippen molar-refractivity contribution in [3.63, 3.8) is 0 Å². The lowest BCUT2D eigenvalue weighted by Gasteiger charge is -2.30. The zero-order chi connectivity index (χ0) is 18.6. The van der Waals surface area contributed by atoms with Gasteiger partial charge < -0.3 is 11.1 Å². The number of likely N-dealkylation sites (tertiary alicyclic amines) is 1. The van der Waals surface area contributed by atoms with Crippen LogP contribution in [0.3, 0.4) is 0 Å². The fourth-order valence-corrected chi connectivity index (χ4v) is 3.59. The number of halogens is 2. The molecule has 3 N–H and O–H groups in total. The summed E-state index contributed by atoms with van der Waals surface area (Å²) in [6.45, 7) is 6.59. The SMILES string of the molecule is Cc1ccc(C(CNC(=O)C(C)(N)c2ccccc2)N2CCCC2)cc1.Cl.Cl. The normalized spacial score (nSPS) is 17.0. The third kappa shape index (κ3) is 5.71. The molecule has 1 aliphatic heterocycles. The van der Waals surface area contributed by atoms with E-state index in [4.69, 9.17) is 5.73 Å². The predicted octanol–water partition coefficient (Wildman–Crippen LogP) is 3.97. The highest BCUT2D eigenvalue weighted by molar-refractivity contribution is 5.87. The summed E-state index contributed by atoms with van der Waals surface area (Å²) in [5, 5.41) is 3.11. The molecule has 1 aliphatic rings. The molecule has 0 radical (unpaired) electrons. The van der Waals surface area contributed by atoms with E-state index in [1.165, 1.54) is 24.0 Å². The van der Waals surface area contributed by atoms with Crippen molar-refractivity contribution in [2.24, 2.45) is 5.73 Å². The van der Waals surface area contributed by atoms with E-state index in [2.05, 4.69) is 41.4 Å². The van der Waals surface area contributed by atoms with Crippen molar-refractivity contribution >= 4 is 30.7 Å². The minimum atomic E-state index is -1.04. The second-order valence-corrected chi connectivity index (χ2v) is 7.45. The Bertz CT molecular complexity index is 729. The maximum Gasteiger partial charge on any atom is 0.244 e. The first kappa shape index (κ1) is 24.4. The van der Waals surface area contributed by atoms with E-state index in [9.17, 15) is 4.79 Å². The lowest BCUT2D eigenvalue weighted by Crippen LogP contribution is -2.50. The first-order valence-electron chi connectivity index (χ1n) is 9.42. The summed E-state index contributed by atoms with van der Waals surface area (Å²) < 4.78 is 0. The molecular weight excluding hydrogens is 393 g/mol. The van der Waals surface area contributed by atoms with Gasteiger partial charge in [0, 0.05) is 6.54 Å². The Balaban J connectivity index is 0.00000196. The van der Waals surface area contributed by atoms with Gasteiger partial charge in [0.15, 0.2) is 0 Å². The molecule has 2 aromatic carbocycles. The first-order valence-corrected chi connectivity index (χ1v) is 9.42. The minimum absolute atomic E-state index is 0. The number of nitrogens with two attached hydrogens (primary N) is 1. The summed E-state index contributed by atoms with van der Waals surface area (Å²) >= 11 is 0. The van der Waals surface area contributed by atoms with Crippen LogP contribution in [0.4, 0.5) is 0 Å². The van der Waals surface area contributed by atoms with E-state index in [1.54, 1.807) is 6.92 Å². The van der Waals surface area contributed by atoms with Crippen molar-refractivity contribution in [2.75, 3.05) is 19.6 Å². The molecule has 6 heteroatoms. The number of carbonyl (C=O) groups excluding carboxylic acids is 1. The number of benzene rings is 2. The van der Waals surface area contributed by atoms with Crippen molar-refractivity contribution in [3.05, 3.63) is 71.3 Å². The molecule has 1 saturated heterocycles. The Morgan fingerprint density at radius 2 is 1.64 bits per heavy atom. The molecule has 2 unspecified atom stereocenters. The molecule has 154 valence electrons. The van der Waals surface area contributed by atoms with E-state index in [1.807, 2.05) is 30.3 Å². The number of hydrogen-bond acceptors (Lipinski definition) is 3. The molecule has 0 bridgehead atoms. The van der Waals surface area contributed by atoms with Crippen molar-refractivity contribution in [1.29, 1.82) is 0 Å². The fraction of sp³-hybridized carbons (Fsp3) is 0.409. The van der Waals surface area contributed by atoms with Gasteiger partial charge in [0.1, 0.15) is 5.54 Å². The molecule has 4 nitrogen and oxygen atoms in total. The Hall–Kier alpha value is -1.59. The molecule has 28 heavy (non-hydrogen) atoms. The monoisotopic (exact) mass is 423 g/mol. The number of hydrogen-bond donors (Lipinski definition) is 2. The van der Waals surface area contributed by atoms with Gasteiger partial charge in [-0.15, -0.1) is 24.8 Å². The van der Waals surface area contributed by atoms with Gasteiger partial charge in [-0.1, -0.05) is 60.2 Å². The van der Waals surface area contributed by atoms with Crippen LogP contribution in [0, 0.1) is 6.92 Å². The van der Waals surface area contributed by atoms with Crippen LogP contribution in [0.2, 0.25) is 0 Å². The maximum atomic E-state index is 12.8. The van der Waals surface area contributed by atoms with Crippen LogP contribution < -0.4 is 11.1 Å². The van der Waals surface area contributed by atoms with Gasteiger partial charge in [0.25, 0.3) is 0 Å². The largest absolute Gasteiger partial charge is 0.352 e. The van der Waals surface area contributed by atoms with Gasteiger partial charge in [-0.3, -0.25) is 9.69 Å². The van der Waals surface area contributed by atoms with E-state index in [-0.39, 0.29) is 36.8 Å². The number of aryl methyl sites for hydroxylation is 1. The highest BCUT2D eigenvalue weighted by Crippen LogP contribution is 2.25. The molecule has 0 saturated carbocycles. The van der Waals surface area contributed by atoms with Gasteiger partial charge >= 0.3 is 0 Å². The lowest BCUT2D eigenvalue weighted by atomic mass is 9.92. The van der Waals surface area contributed by atoms with Gasteiger partial charge in [-0.2, -0.15) is 0 Å². The fourth-order valence-electron chi connectivity index (χ4n) is 3.59. The Labute approximate surface area is 180 Å². The van der Waals surface area contributed by atoms with E-state index >= 15 is 0 Å². The molecule has 2 atom stereocenters. The topological polar surface area (TPSA) is 58.4 Å². The summed E-state index contributed by atoms with van der Waals surface area (Å²) in [7, 11) is 0. The average Bonchev–Trinajstić information content (AvgIpc) is 3.18. The first-order chi connectivity index (χ1) is 12.5. The van der Waals surface area contributed by atoms with Crippen LogP contribution in [0.5, 0.6) is 0 Å². The van der Waals surface area contributed by atoms with Gasteiger partial charge in [0.2, 0.25) is 5.91 Å². The third-order valence-corrected chi connectivity index (χ3v) is 5.34. The van der Waals surface area contributed by atoms with Crippen LogP contribution in [0.15, 0.2) is 54.6 Å². The van der Waals surface area contributed by atoms with Gasteiger partial charge in [0.05, 0.1) is 6.04 Å². The van der Waals surface area contributed by atoms with Crippen LogP contribution in [0.1, 0.15) is 42.5 Å². The standard InChI is InChI=1S/C22H29N3O.2ClH/c1-17-10-12-18(13-11-17)20(25-14-6-7-15-25)16-24-21(26)22(2,23)19-8-4-3-5-9-19;;/h3-5,8-13,20H,6-7,14-16,23H2,1-2H3,(H,24,26);2*1H. The Kier molecular flexibility index (Phi) is 9.45. The number of nitrogens with one attached hydrogen (secondary N) is 1. The Morgan fingerprint density at radius 3 is 2.21 bits per heavy atom. The molecule has 0 spiro atoms. The number of amides is 1. The second-order valence-electron chi connectivity index (χ2n) is 7.45. The number of nitrogens with zero attached hydrogens (tertiary/aromatic N) is 1.